The van der Waals surface area contributed by atoms with E-state index in [9.17, 15) is 10.5 Å². The fourth-order valence-electron chi connectivity index (χ4n) is 8.45. The number of nitrogens with zero attached hydrogens (tertiary/aromatic N) is 12. The molecule has 10 rings (SSSR count). The molecule has 14 heteroatoms. The number of nitrogens with one attached hydrogen (secondary N) is 2. The molecule has 0 aliphatic carbocycles. The van der Waals surface area contributed by atoms with Gasteiger partial charge < -0.3 is 20.4 Å². The summed E-state index contributed by atoms with van der Waals surface area (Å²) in [6, 6.07) is 29.1. The van der Waals surface area contributed by atoms with Crippen LogP contribution in [0.15, 0.2) is 110 Å². The first-order valence-electron chi connectivity index (χ1n) is 21.4. The lowest BCUT2D eigenvalue weighted by Crippen LogP contribution is -2.32. The number of aromatic nitrogens is 8. The Morgan fingerprint density at radius 1 is 0.516 bits per heavy atom. The third-order valence-corrected chi connectivity index (χ3v) is 11.9. The van der Waals surface area contributed by atoms with Gasteiger partial charge in [-0.2, -0.15) is 10.5 Å². The predicted molar refractivity (Wildman–Crippen MR) is 249 cm³/mol. The van der Waals surface area contributed by atoms with E-state index in [0.717, 1.165) is 116 Å². The van der Waals surface area contributed by atoms with Gasteiger partial charge in [-0.3, -0.25) is 19.9 Å². The standard InChI is InChI=1S/2C25H23N7/c2*1-16-3-6-24(19(11-16)13-26)32-10-7-21-20(14-32)25(30-15-29-21)31-17(2)18-4-5-22-23(12-18)28-9-8-27-22/h2*3-6,8-9,11-12,15,17H,7,10,14H2,1-2H3,(H,29,30,31)/t2*17-/m10/s1. The fraction of sp³-hybridized carbons (Fsp3) is 0.240. The van der Waals surface area contributed by atoms with Crippen molar-refractivity contribution < 1.29 is 0 Å². The van der Waals surface area contributed by atoms with Crippen LogP contribution in [0.1, 0.15) is 81.8 Å². The summed E-state index contributed by atoms with van der Waals surface area (Å²) in [4.78, 5) is 40.2. The van der Waals surface area contributed by atoms with E-state index in [1.165, 1.54) is 0 Å². The maximum atomic E-state index is 9.62. The van der Waals surface area contributed by atoms with Crippen molar-refractivity contribution in [3.05, 3.63) is 166 Å². The van der Waals surface area contributed by atoms with E-state index in [1.807, 2.05) is 50.2 Å². The lowest BCUT2D eigenvalue weighted by molar-refractivity contribution is 0.702. The van der Waals surface area contributed by atoms with Crippen LogP contribution in [-0.4, -0.2) is 53.0 Å². The molecule has 2 atom stereocenters. The molecule has 0 spiro atoms. The SMILES string of the molecule is Cc1ccc(N2CCc3ncnc(N[C@@H](C)c4ccc5nccnc5c4)c3C2)c(C#N)c1.Cc1ccc(N2CCc3ncnc(N[C@H](C)c4ccc5nccnc5c4)c3C2)c(C#N)c1. The molecule has 8 aromatic rings. The summed E-state index contributed by atoms with van der Waals surface area (Å²) in [5.74, 6) is 1.66. The third-order valence-electron chi connectivity index (χ3n) is 11.9. The van der Waals surface area contributed by atoms with Gasteiger partial charge in [-0.1, -0.05) is 24.3 Å². The number of nitriles is 2. The highest BCUT2D eigenvalue weighted by atomic mass is 15.2. The van der Waals surface area contributed by atoms with E-state index in [1.54, 1.807) is 37.4 Å². The van der Waals surface area contributed by atoms with Crippen molar-refractivity contribution in [2.75, 3.05) is 33.5 Å². The molecule has 6 heterocycles. The fourth-order valence-corrected chi connectivity index (χ4v) is 8.45. The van der Waals surface area contributed by atoms with Crippen molar-refractivity contribution in [2.24, 2.45) is 0 Å². The summed E-state index contributed by atoms with van der Waals surface area (Å²) >= 11 is 0. The summed E-state index contributed by atoms with van der Waals surface area (Å²) < 4.78 is 0. The van der Waals surface area contributed by atoms with Gasteiger partial charge in [-0.15, -0.1) is 0 Å². The molecule has 0 unspecified atom stereocenters. The van der Waals surface area contributed by atoms with E-state index in [4.69, 9.17) is 0 Å². The average Bonchev–Trinajstić information content (AvgIpc) is 3.33. The van der Waals surface area contributed by atoms with Gasteiger partial charge in [-0.25, -0.2) is 19.9 Å². The van der Waals surface area contributed by atoms with Crippen molar-refractivity contribution in [1.29, 1.82) is 10.5 Å². The van der Waals surface area contributed by atoms with Gasteiger partial charge >= 0.3 is 0 Å². The molecule has 2 aliphatic rings. The second-order valence-corrected chi connectivity index (χ2v) is 16.2. The normalized spacial score (nSPS) is 14.0. The number of anilines is 4. The topological polar surface area (TPSA) is 181 Å². The second kappa shape index (κ2) is 18.1. The van der Waals surface area contributed by atoms with Gasteiger partial charge in [-0.05, 0) is 98.5 Å². The molecule has 0 saturated carbocycles. The van der Waals surface area contributed by atoms with Gasteiger partial charge in [0.1, 0.15) is 36.4 Å². The molecular weight excluding hydrogens is 797 g/mol. The van der Waals surface area contributed by atoms with E-state index < -0.39 is 0 Å². The van der Waals surface area contributed by atoms with E-state index in [0.29, 0.717) is 24.2 Å². The van der Waals surface area contributed by atoms with Crippen molar-refractivity contribution in [1.82, 2.24) is 39.9 Å². The number of aryl methyl sites for hydroxylation is 2. The smallest absolute Gasteiger partial charge is 0.135 e. The highest BCUT2D eigenvalue weighted by molar-refractivity contribution is 5.76. The van der Waals surface area contributed by atoms with Crippen molar-refractivity contribution >= 4 is 45.1 Å². The first-order valence-corrected chi connectivity index (χ1v) is 21.4. The molecule has 14 nitrogen and oxygen atoms in total. The first-order chi connectivity index (χ1) is 31.2. The summed E-state index contributed by atoms with van der Waals surface area (Å²) in [6.07, 6.45) is 11.7. The van der Waals surface area contributed by atoms with Crippen LogP contribution in [0.25, 0.3) is 22.1 Å². The average molecular weight is 843 g/mol. The molecule has 2 aliphatic heterocycles. The van der Waals surface area contributed by atoms with Crippen LogP contribution >= 0.6 is 0 Å². The minimum Gasteiger partial charge on any atom is -0.366 e. The van der Waals surface area contributed by atoms with Gasteiger partial charge in [0.25, 0.3) is 0 Å². The molecule has 0 radical (unpaired) electrons. The zero-order chi connectivity index (χ0) is 44.2. The molecule has 0 fully saturated rings. The van der Waals surface area contributed by atoms with Crippen LogP contribution in [0.2, 0.25) is 0 Å². The van der Waals surface area contributed by atoms with Crippen molar-refractivity contribution in [2.45, 2.75) is 65.7 Å². The molecule has 4 aromatic heterocycles. The van der Waals surface area contributed by atoms with Crippen LogP contribution in [0, 0.1) is 36.5 Å². The highest BCUT2D eigenvalue weighted by Gasteiger charge is 2.26. The first kappa shape index (κ1) is 41.3. The lowest BCUT2D eigenvalue weighted by atomic mass is 10.0. The van der Waals surface area contributed by atoms with Crippen LogP contribution in [0.5, 0.6) is 0 Å². The third kappa shape index (κ3) is 8.67. The van der Waals surface area contributed by atoms with Crippen LogP contribution in [0.4, 0.5) is 23.0 Å². The lowest BCUT2D eigenvalue weighted by Gasteiger charge is -2.32. The quantitative estimate of drug-likeness (QED) is 0.148. The van der Waals surface area contributed by atoms with E-state index >= 15 is 0 Å². The van der Waals surface area contributed by atoms with Crippen LogP contribution in [-0.2, 0) is 25.9 Å². The Morgan fingerprint density at radius 3 is 1.36 bits per heavy atom. The molecule has 64 heavy (non-hydrogen) atoms. The zero-order valence-corrected chi connectivity index (χ0v) is 36.2. The Balaban J connectivity index is 0.000000162. The monoisotopic (exact) mass is 842 g/mol. The number of fused-ring (bicyclic) bond motifs is 4. The number of benzene rings is 4. The summed E-state index contributed by atoms with van der Waals surface area (Å²) in [5.41, 5.74) is 15.5. The Kier molecular flexibility index (Phi) is 11.7. The van der Waals surface area contributed by atoms with Gasteiger partial charge in [0.2, 0.25) is 0 Å². The molecule has 0 bridgehead atoms. The Labute approximate surface area is 371 Å². The molecule has 0 saturated heterocycles. The van der Waals surface area contributed by atoms with Crippen molar-refractivity contribution in [3.8, 4) is 12.1 Å². The molecular formula is C50H46N14. The maximum absolute atomic E-state index is 9.62. The Bertz CT molecular complexity index is 2890. The highest BCUT2D eigenvalue weighted by Crippen LogP contribution is 2.33. The predicted octanol–water partition coefficient (Wildman–Crippen LogP) is 8.67. The van der Waals surface area contributed by atoms with Gasteiger partial charge in [0.15, 0.2) is 0 Å². The Morgan fingerprint density at radius 2 is 0.938 bits per heavy atom. The zero-order valence-electron chi connectivity index (χ0n) is 36.2. The number of hydrogen-bond donors (Lipinski definition) is 2. The van der Waals surface area contributed by atoms with Gasteiger partial charge in [0, 0.05) is 74.9 Å². The van der Waals surface area contributed by atoms with Crippen LogP contribution in [0.3, 0.4) is 0 Å². The molecule has 2 N–H and O–H groups in total. The molecule has 4 aromatic carbocycles. The minimum atomic E-state index is 0.0322. The number of rotatable bonds is 8. The summed E-state index contributed by atoms with van der Waals surface area (Å²) in [5, 5.41) is 26.4. The Hall–Kier alpha value is -8.10. The van der Waals surface area contributed by atoms with E-state index in [-0.39, 0.29) is 12.1 Å². The van der Waals surface area contributed by atoms with Gasteiger partial charge in [0.05, 0.1) is 68.0 Å². The van der Waals surface area contributed by atoms with E-state index in [2.05, 4.69) is 123 Å². The molecule has 316 valence electrons. The maximum Gasteiger partial charge on any atom is 0.135 e. The largest absolute Gasteiger partial charge is 0.366 e. The number of hydrogen-bond acceptors (Lipinski definition) is 14. The van der Waals surface area contributed by atoms with Crippen LogP contribution < -0.4 is 20.4 Å². The second-order valence-electron chi connectivity index (χ2n) is 16.2. The summed E-state index contributed by atoms with van der Waals surface area (Å²) in [6.45, 7) is 11.2. The summed E-state index contributed by atoms with van der Waals surface area (Å²) in [7, 11) is 0. The van der Waals surface area contributed by atoms with Crippen molar-refractivity contribution in [3.63, 3.8) is 0 Å². The molecule has 0 amide bonds. The minimum absolute atomic E-state index is 0.0322.